The first-order valence-electron chi connectivity index (χ1n) is 7.17. The van der Waals surface area contributed by atoms with E-state index in [4.69, 9.17) is 5.73 Å². The van der Waals surface area contributed by atoms with Crippen molar-refractivity contribution < 1.29 is 8.78 Å². The van der Waals surface area contributed by atoms with Crippen LogP contribution in [0.4, 0.5) is 37.5 Å². The number of nitrogen functional groups attached to an aromatic ring is 1. The van der Waals surface area contributed by atoms with Gasteiger partial charge in [0.1, 0.15) is 23.6 Å². The van der Waals surface area contributed by atoms with Gasteiger partial charge in [0, 0.05) is 18.8 Å². The number of aromatic nitrogens is 2. The SMILES string of the molecule is CN(c1ccccc1)c1ncnc(Nc2cc(F)ccc2F)c1N. The lowest BCUT2D eigenvalue weighted by Crippen LogP contribution is -2.15. The minimum atomic E-state index is -0.604. The Balaban J connectivity index is 1.95. The van der Waals surface area contributed by atoms with Gasteiger partial charge in [0.15, 0.2) is 11.6 Å². The van der Waals surface area contributed by atoms with Crippen LogP contribution in [0.1, 0.15) is 0 Å². The van der Waals surface area contributed by atoms with Crippen molar-refractivity contribution in [2.24, 2.45) is 0 Å². The Morgan fingerprint density at radius 3 is 2.54 bits per heavy atom. The lowest BCUT2D eigenvalue weighted by atomic mass is 10.2. The van der Waals surface area contributed by atoms with Crippen molar-refractivity contribution in [1.82, 2.24) is 9.97 Å². The zero-order valence-electron chi connectivity index (χ0n) is 12.9. The first kappa shape index (κ1) is 15.7. The van der Waals surface area contributed by atoms with Gasteiger partial charge in [-0.2, -0.15) is 0 Å². The number of para-hydroxylation sites is 1. The highest BCUT2D eigenvalue weighted by atomic mass is 19.1. The van der Waals surface area contributed by atoms with E-state index in [9.17, 15) is 8.78 Å². The molecule has 2 aromatic carbocycles. The summed E-state index contributed by atoms with van der Waals surface area (Å²) >= 11 is 0. The maximum absolute atomic E-state index is 13.8. The Hall–Kier alpha value is -3.22. The van der Waals surface area contributed by atoms with E-state index in [-0.39, 0.29) is 17.2 Å². The maximum atomic E-state index is 13.8. The third-order valence-corrected chi connectivity index (χ3v) is 3.51. The first-order chi connectivity index (χ1) is 11.6. The average molecular weight is 327 g/mol. The number of nitrogens with two attached hydrogens (primary N) is 1. The second-order valence-electron chi connectivity index (χ2n) is 5.10. The Morgan fingerprint density at radius 2 is 1.79 bits per heavy atom. The summed E-state index contributed by atoms with van der Waals surface area (Å²) in [5.74, 6) is -0.511. The van der Waals surface area contributed by atoms with Crippen molar-refractivity contribution in [3.8, 4) is 0 Å². The van der Waals surface area contributed by atoms with E-state index >= 15 is 0 Å². The van der Waals surface area contributed by atoms with Gasteiger partial charge in [-0.05, 0) is 24.3 Å². The van der Waals surface area contributed by atoms with Gasteiger partial charge in [-0.3, -0.25) is 0 Å². The smallest absolute Gasteiger partial charge is 0.161 e. The van der Waals surface area contributed by atoms with Crippen LogP contribution in [0.25, 0.3) is 0 Å². The molecule has 24 heavy (non-hydrogen) atoms. The van der Waals surface area contributed by atoms with Crippen molar-refractivity contribution in [3.05, 3.63) is 66.5 Å². The molecular weight excluding hydrogens is 312 g/mol. The van der Waals surface area contributed by atoms with Crippen molar-refractivity contribution in [3.63, 3.8) is 0 Å². The predicted octanol–water partition coefficient (Wildman–Crippen LogP) is 3.85. The van der Waals surface area contributed by atoms with E-state index in [1.165, 1.54) is 6.33 Å². The van der Waals surface area contributed by atoms with Gasteiger partial charge in [-0.25, -0.2) is 18.7 Å². The molecule has 0 aliphatic heterocycles. The molecule has 5 nitrogen and oxygen atoms in total. The molecule has 3 rings (SSSR count). The van der Waals surface area contributed by atoms with Gasteiger partial charge in [0.25, 0.3) is 0 Å². The van der Waals surface area contributed by atoms with Gasteiger partial charge in [-0.1, -0.05) is 18.2 Å². The van der Waals surface area contributed by atoms with E-state index in [0.717, 1.165) is 23.9 Å². The van der Waals surface area contributed by atoms with E-state index in [2.05, 4.69) is 15.3 Å². The van der Waals surface area contributed by atoms with E-state index in [1.54, 1.807) is 11.9 Å². The summed E-state index contributed by atoms with van der Waals surface area (Å²) in [4.78, 5) is 9.98. The highest BCUT2D eigenvalue weighted by molar-refractivity contribution is 5.81. The molecule has 0 aliphatic carbocycles. The number of hydrogen-bond donors (Lipinski definition) is 2. The van der Waals surface area contributed by atoms with Gasteiger partial charge in [-0.15, -0.1) is 0 Å². The normalized spacial score (nSPS) is 10.5. The highest BCUT2D eigenvalue weighted by Gasteiger charge is 2.15. The van der Waals surface area contributed by atoms with Crippen LogP contribution in [0, 0.1) is 11.6 Å². The molecule has 0 atom stereocenters. The third kappa shape index (κ3) is 3.10. The molecule has 3 aromatic rings. The van der Waals surface area contributed by atoms with Crippen molar-refractivity contribution >= 4 is 28.7 Å². The van der Waals surface area contributed by atoms with Crippen LogP contribution in [0.3, 0.4) is 0 Å². The lowest BCUT2D eigenvalue weighted by Gasteiger charge is -2.21. The van der Waals surface area contributed by atoms with Crippen molar-refractivity contribution in [2.45, 2.75) is 0 Å². The minimum absolute atomic E-state index is 0.0475. The number of nitrogens with one attached hydrogen (secondary N) is 1. The number of benzene rings is 2. The number of anilines is 5. The largest absolute Gasteiger partial charge is 0.393 e. The summed E-state index contributed by atoms with van der Waals surface area (Å²) < 4.78 is 27.1. The lowest BCUT2D eigenvalue weighted by molar-refractivity contribution is 0.603. The summed E-state index contributed by atoms with van der Waals surface area (Å²) in [6.45, 7) is 0. The summed E-state index contributed by atoms with van der Waals surface area (Å²) in [5, 5.41) is 2.71. The molecule has 7 heteroatoms. The van der Waals surface area contributed by atoms with Gasteiger partial charge < -0.3 is 16.0 Å². The molecule has 1 heterocycles. The van der Waals surface area contributed by atoms with Gasteiger partial charge in [0.05, 0.1) is 5.69 Å². The van der Waals surface area contributed by atoms with Crippen LogP contribution >= 0.6 is 0 Å². The Morgan fingerprint density at radius 1 is 1.04 bits per heavy atom. The molecule has 0 bridgehead atoms. The molecule has 0 radical (unpaired) electrons. The molecular formula is C17H15F2N5. The van der Waals surface area contributed by atoms with Crippen LogP contribution in [0.5, 0.6) is 0 Å². The van der Waals surface area contributed by atoms with Gasteiger partial charge >= 0.3 is 0 Å². The summed E-state index contributed by atoms with van der Waals surface area (Å²) in [6.07, 6.45) is 1.31. The molecule has 0 saturated heterocycles. The fourth-order valence-electron chi connectivity index (χ4n) is 2.25. The molecule has 0 aliphatic rings. The molecule has 0 fully saturated rings. The standard InChI is InChI=1S/C17H15F2N5/c1-24(12-5-3-2-4-6-12)17-15(20)16(21-10-22-17)23-14-9-11(18)7-8-13(14)19/h2-10H,20H2,1H3,(H,21,22,23). The topological polar surface area (TPSA) is 67.1 Å². The van der Waals surface area contributed by atoms with E-state index < -0.39 is 11.6 Å². The summed E-state index contributed by atoms with van der Waals surface area (Å²) in [6, 6.07) is 12.6. The second-order valence-corrected chi connectivity index (χ2v) is 5.10. The quantitative estimate of drug-likeness (QED) is 0.762. The molecule has 0 spiro atoms. The van der Waals surface area contributed by atoms with Crippen LogP contribution in [0.2, 0.25) is 0 Å². The van der Waals surface area contributed by atoms with Crippen molar-refractivity contribution in [1.29, 1.82) is 0 Å². The second kappa shape index (κ2) is 6.49. The average Bonchev–Trinajstić information content (AvgIpc) is 2.60. The number of hydrogen-bond acceptors (Lipinski definition) is 5. The molecule has 122 valence electrons. The zero-order chi connectivity index (χ0) is 17.1. The number of nitrogens with zero attached hydrogens (tertiary/aromatic N) is 3. The first-order valence-corrected chi connectivity index (χ1v) is 7.17. The predicted molar refractivity (Wildman–Crippen MR) is 90.6 cm³/mol. The fourth-order valence-corrected chi connectivity index (χ4v) is 2.25. The van der Waals surface area contributed by atoms with E-state index in [0.29, 0.717) is 5.82 Å². The summed E-state index contributed by atoms with van der Waals surface area (Å²) in [5.41, 5.74) is 7.17. The number of halogens is 2. The summed E-state index contributed by atoms with van der Waals surface area (Å²) in [7, 11) is 1.81. The third-order valence-electron chi connectivity index (χ3n) is 3.51. The Kier molecular flexibility index (Phi) is 4.24. The van der Waals surface area contributed by atoms with Crippen LogP contribution in [-0.2, 0) is 0 Å². The zero-order valence-corrected chi connectivity index (χ0v) is 12.9. The Bertz CT molecular complexity index is 855. The Labute approximate surface area is 137 Å². The van der Waals surface area contributed by atoms with Crippen molar-refractivity contribution in [2.75, 3.05) is 23.0 Å². The molecule has 3 N–H and O–H groups in total. The van der Waals surface area contributed by atoms with Crippen LogP contribution in [-0.4, -0.2) is 17.0 Å². The monoisotopic (exact) mass is 327 g/mol. The van der Waals surface area contributed by atoms with Crippen LogP contribution < -0.4 is 16.0 Å². The molecule has 0 amide bonds. The number of rotatable bonds is 4. The minimum Gasteiger partial charge on any atom is -0.393 e. The van der Waals surface area contributed by atoms with Crippen LogP contribution in [0.15, 0.2) is 54.9 Å². The van der Waals surface area contributed by atoms with E-state index in [1.807, 2.05) is 30.3 Å². The molecule has 0 saturated carbocycles. The highest BCUT2D eigenvalue weighted by Crippen LogP contribution is 2.32. The van der Waals surface area contributed by atoms with Gasteiger partial charge in [0.2, 0.25) is 0 Å². The fraction of sp³-hybridized carbons (Fsp3) is 0.0588. The molecule has 0 unspecified atom stereocenters. The molecule has 1 aromatic heterocycles. The maximum Gasteiger partial charge on any atom is 0.161 e.